The molecule has 0 radical (unpaired) electrons. The molecule has 1 aromatic carbocycles. The van der Waals surface area contributed by atoms with E-state index in [9.17, 15) is 4.79 Å². The van der Waals surface area contributed by atoms with E-state index in [4.69, 9.17) is 11.5 Å². The van der Waals surface area contributed by atoms with E-state index in [-0.39, 0.29) is 17.6 Å². The second-order valence-electron chi connectivity index (χ2n) is 7.39. The molecule has 0 aliphatic carbocycles. The van der Waals surface area contributed by atoms with Crippen molar-refractivity contribution in [3.05, 3.63) is 54.5 Å². The van der Waals surface area contributed by atoms with Crippen LogP contribution in [0.25, 0.3) is 11.3 Å². The van der Waals surface area contributed by atoms with E-state index in [1.165, 1.54) is 0 Å². The molecule has 150 valence electrons. The number of hydrogen-bond acceptors (Lipinski definition) is 6. The Labute approximate surface area is 169 Å². The van der Waals surface area contributed by atoms with Gasteiger partial charge in [-0.3, -0.25) is 9.48 Å². The van der Waals surface area contributed by atoms with Crippen LogP contribution in [0.5, 0.6) is 0 Å². The predicted molar refractivity (Wildman–Crippen MR) is 115 cm³/mol. The molecule has 1 aliphatic heterocycles. The zero-order chi connectivity index (χ0) is 20.4. The smallest absolute Gasteiger partial charge is 0.276 e. The molecule has 0 spiro atoms. The molecule has 8 nitrogen and oxygen atoms in total. The van der Waals surface area contributed by atoms with Crippen LogP contribution in [0.2, 0.25) is 0 Å². The molecule has 5 N–H and O–H groups in total. The molecule has 1 aliphatic rings. The Morgan fingerprint density at radius 3 is 2.90 bits per heavy atom. The molecular weight excluding hydrogens is 366 g/mol. The summed E-state index contributed by atoms with van der Waals surface area (Å²) in [6.45, 7) is 1.84. The first-order valence-corrected chi connectivity index (χ1v) is 9.67. The van der Waals surface area contributed by atoms with Gasteiger partial charge in [0.05, 0.1) is 23.3 Å². The Bertz CT molecular complexity index is 1030. The molecule has 0 bridgehead atoms. The lowest BCUT2D eigenvalue weighted by atomic mass is 10.0. The minimum Gasteiger partial charge on any atom is -0.397 e. The van der Waals surface area contributed by atoms with Crippen molar-refractivity contribution in [2.45, 2.75) is 18.9 Å². The topological polar surface area (TPSA) is 115 Å². The van der Waals surface area contributed by atoms with Gasteiger partial charge in [-0.1, -0.05) is 12.1 Å². The lowest BCUT2D eigenvalue weighted by Crippen LogP contribution is -2.42. The minimum absolute atomic E-state index is 0.191. The van der Waals surface area contributed by atoms with Gasteiger partial charge in [0.1, 0.15) is 0 Å². The molecule has 1 amide bonds. The summed E-state index contributed by atoms with van der Waals surface area (Å²) in [7, 11) is 1.78. The van der Waals surface area contributed by atoms with Crippen LogP contribution in [0.4, 0.5) is 17.1 Å². The van der Waals surface area contributed by atoms with Crippen molar-refractivity contribution in [2.24, 2.45) is 12.8 Å². The number of benzene rings is 1. The zero-order valence-corrected chi connectivity index (χ0v) is 16.4. The first kappa shape index (κ1) is 18.9. The first-order valence-electron chi connectivity index (χ1n) is 9.67. The summed E-state index contributed by atoms with van der Waals surface area (Å²) >= 11 is 0. The maximum Gasteiger partial charge on any atom is 0.276 e. The number of nitrogens with zero attached hydrogens (tertiary/aromatic N) is 4. The fourth-order valence-electron chi connectivity index (χ4n) is 3.60. The second-order valence-corrected chi connectivity index (χ2v) is 7.39. The number of anilines is 3. The molecule has 3 heterocycles. The van der Waals surface area contributed by atoms with E-state index in [0.717, 1.165) is 37.2 Å². The third-order valence-electron chi connectivity index (χ3n) is 5.07. The third-order valence-corrected chi connectivity index (χ3v) is 5.07. The quantitative estimate of drug-likeness (QED) is 0.628. The molecule has 4 rings (SSSR count). The maximum absolute atomic E-state index is 12.7. The molecule has 1 fully saturated rings. The molecule has 3 aromatic rings. The Morgan fingerprint density at radius 1 is 1.28 bits per heavy atom. The highest BCUT2D eigenvalue weighted by molar-refractivity contribution is 6.06. The van der Waals surface area contributed by atoms with Gasteiger partial charge in [0.15, 0.2) is 5.69 Å². The Morgan fingerprint density at radius 2 is 2.14 bits per heavy atom. The summed E-state index contributed by atoms with van der Waals surface area (Å²) in [5.41, 5.74) is 16.0. The van der Waals surface area contributed by atoms with Gasteiger partial charge in [0.25, 0.3) is 5.91 Å². The van der Waals surface area contributed by atoms with E-state index >= 15 is 0 Å². The number of rotatable bonds is 4. The Hall–Kier alpha value is -3.39. The largest absolute Gasteiger partial charge is 0.397 e. The Balaban J connectivity index is 1.60. The molecule has 2 aromatic heterocycles. The fraction of sp³-hybridized carbons (Fsp3) is 0.286. The van der Waals surface area contributed by atoms with Crippen molar-refractivity contribution in [3.63, 3.8) is 0 Å². The van der Waals surface area contributed by atoms with Crippen LogP contribution >= 0.6 is 0 Å². The summed E-state index contributed by atoms with van der Waals surface area (Å²) in [6.07, 6.45) is 5.44. The monoisotopic (exact) mass is 391 g/mol. The molecule has 8 heteroatoms. The van der Waals surface area contributed by atoms with E-state index < -0.39 is 0 Å². The molecule has 0 unspecified atom stereocenters. The van der Waals surface area contributed by atoms with Crippen LogP contribution in [-0.2, 0) is 7.05 Å². The predicted octanol–water partition coefficient (Wildman–Crippen LogP) is 2.24. The third kappa shape index (κ3) is 4.22. The second kappa shape index (κ2) is 7.92. The van der Waals surface area contributed by atoms with Gasteiger partial charge in [-0.15, -0.1) is 0 Å². The van der Waals surface area contributed by atoms with Crippen LogP contribution in [0.15, 0.2) is 48.8 Å². The number of aryl methyl sites for hydroxylation is 1. The van der Waals surface area contributed by atoms with Gasteiger partial charge >= 0.3 is 0 Å². The Kier molecular flexibility index (Phi) is 5.18. The highest BCUT2D eigenvalue weighted by Crippen LogP contribution is 2.27. The van der Waals surface area contributed by atoms with E-state index in [2.05, 4.69) is 32.4 Å². The highest BCUT2D eigenvalue weighted by atomic mass is 16.1. The standard InChI is InChI=1S/C21H25N7O/c1-27-13-16(11-24-27)25-21(29)20-18(23)7-8-19(26-20)14-4-2-6-17(10-14)28-9-3-5-15(22)12-28/h2,4,6-8,10-11,13,15H,3,5,9,12,22-23H2,1H3,(H,25,29)/t15-/m1/s1. The number of aromatic nitrogens is 3. The van der Waals surface area contributed by atoms with Crippen LogP contribution < -0.4 is 21.7 Å². The molecule has 1 atom stereocenters. The average molecular weight is 391 g/mol. The summed E-state index contributed by atoms with van der Waals surface area (Å²) < 4.78 is 1.61. The van der Waals surface area contributed by atoms with Crippen LogP contribution in [0.1, 0.15) is 23.3 Å². The van der Waals surface area contributed by atoms with Crippen molar-refractivity contribution in [2.75, 3.05) is 29.0 Å². The lowest BCUT2D eigenvalue weighted by Gasteiger charge is -2.32. The summed E-state index contributed by atoms with van der Waals surface area (Å²) in [6, 6.07) is 11.9. The summed E-state index contributed by atoms with van der Waals surface area (Å²) in [5.74, 6) is -0.365. The van der Waals surface area contributed by atoms with Gasteiger partial charge < -0.3 is 21.7 Å². The van der Waals surface area contributed by atoms with Crippen LogP contribution in [0, 0.1) is 0 Å². The van der Waals surface area contributed by atoms with Gasteiger partial charge in [-0.25, -0.2) is 4.98 Å². The first-order chi connectivity index (χ1) is 14.0. The van der Waals surface area contributed by atoms with E-state index in [1.807, 2.05) is 18.2 Å². The number of piperidine rings is 1. The zero-order valence-electron chi connectivity index (χ0n) is 16.4. The van der Waals surface area contributed by atoms with Crippen LogP contribution in [0.3, 0.4) is 0 Å². The number of nitrogens with two attached hydrogens (primary N) is 2. The molecule has 29 heavy (non-hydrogen) atoms. The molecule has 1 saturated heterocycles. The maximum atomic E-state index is 12.7. The molecule has 0 saturated carbocycles. The number of carbonyl (C=O) groups excluding carboxylic acids is 1. The van der Waals surface area contributed by atoms with E-state index in [1.54, 1.807) is 30.2 Å². The average Bonchev–Trinajstić information content (AvgIpc) is 3.13. The van der Waals surface area contributed by atoms with E-state index in [0.29, 0.717) is 17.1 Å². The number of pyridine rings is 1. The summed E-state index contributed by atoms with van der Waals surface area (Å²) in [5, 5.41) is 6.83. The normalized spacial score (nSPS) is 16.6. The summed E-state index contributed by atoms with van der Waals surface area (Å²) in [4.78, 5) is 19.5. The number of amides is 1. The van der Waals surface area contributed by atoms with Crippen molar-refractivity contribution in [1.29, 1.82) is 0 Å². The SMILES string of the molecule is Cn1cc(NC(=O)c2nc(-c3cccc(N4CCC[C@@H](N)C4)c3)ccc2N)cn1. The van der Waals surface area contributed by atoms with Crippen molar-refractivity contribution in [3.8, 4) is 11.3 Å². The van der Waals surface area contributed by atoms with Crippen molar-refractivity contribution >= 4 is 23.0 Å². The number of nitrogen functional groups attached to an aromatic ring is 1. The fourth-order valence-corrected chi connectivity index (χ4v) is 3.60. The van der Waals surface area contributed by atoms with Gasteiger partial charge in [-0.2, -0.15) is 5.10 Å². The van der Waals surface area contributed by atoms with Crippen molar-refractivity contribution < 1.29 is 4.79 Å². The highest BCUT2D eigenvalue weighted by Gasteiger charge is 2.18. The minimum atomic E-state index is -0.365. The van der Waals surface area contributed by atoms with Gasteiger partial charge in [-0.05, 0) is 37.1 Å². The van der Waals surface area contributed by atoms with Crippen LogP contribution in [-0.4, -0.2) is 39.8 Å². The van der Waals surface area contributed by atoms with Crippen molar-refractivity contribution in [1.82, 2.24) is 14.8 Å². The molecular formula is C21H25N7O. The van der Waals surface area contributed by atoms with Gasteiger partial charge in [0.2, 0.25) is 0 Å². The lowest BCUT2D eigenvalue weighted by molar-refractivity contribution is 0.102. The number of nitrogens with one attached hydrogen (secondary N) is 1. The number of hydrogen-bond donors (Lipinski definition) is 3. The van der Waals surface area contributed by atoms with Gasteiger partial charge in [0, 0.05) is 43.6 Å². The number of carbonyl (C=O) groups is 1.